The molecule has 0 spiro atoms. The smallest absolute Gasteiger partial charge is 0.314 e. The first kappa shape index (κ1) is 18.1. The number of nitrogens with one attached hydrogen (secondary N) is 2. The van der Waals surface area contributed by atoms with Gasteiger partial charge in [-0.3, -0.25) is 19.7 Å². The second kappa shape index (κ2) is 7.12. The third-order valence-electron chi connectivity index (χ3n) is 3.56. The van der Waals surface area contributed by atoms with Crippen molar-refractivity contribution >= 4 is 28.9 Å². The zero-order valence-corrected chi connectivity index (χ0v) is 14.2. The van der Waals surface area contributed by atoms with Crippen LogP contribution >= 0.6 is 0 Å². The Balaban J connectivity index is 2.06. The lowest BCUT2D eigenvalue weighted by Gasteiger charge is -2.19. The molecule has 0 saturated carbocycles. The lowest BCUT2D eigenvalue weighted by atomic mass is 9.87. The molecular formula is C18H19N3O4. The van der Waals surface area contributed by atoms with Gasteiger partial charge in [0.25, 0.3) is 5.69 Å². The van der Waals surface area contributed by atoms with Gasteiger partial charge in [-0.05, 0) is 29.2 Å². The van der Waals surface area contributed by atoms with Gasteiger partial charge in [-0.1, -0.05) is 45.0 Å². The molecule has 2 N–H and O–H groups in total. The fourth-order valence-electron chi connectivity index (χ4n) is 2.16. The normalized spacial score (nSPS) is 10.8. The number of nitrogens with zero attached hydrogens (tertiary/aromatic N) is 1. The minimum atomic E-state index is -0.978. The quantitative estimate of drug-likeness (QED) is 0.507. The Labute approximate surface area is 145 Å². The molecule has 25 heavy (non-hydrogen) atoms. The first-order chi connectivity index (χ1) is 11.7. The van der Waals surface area contributed by atoms with Crippen LogP contribution in [0.25, 0.3) is 0 Å². The first-order valence-corrected chi connectivity index (χ1v) is 7.65. The number of benzene rings is 2. The van der Waals surface area contributed by atoms with Crippen molar-refractivity contribution in [3.8, 4) is 0 Å². The van der Waals surface area contributed by atoms with Gasteiger partial charge in [0.15, 0.2) is 0 Å². The van der Waals surface area contributed by atoms with Gasteiger partial charge in [0.2, 0.25) is 0 Å². The molecule has 2 aromatic carbocycles. The van der Waals surface area contributed by atoms with E-state index in [-0.39, 0.29) is 16.8 Å². The number of hydrogen-bond acceptors (Lipinski definition) is 4. The van der Waals surface area contributed by atoms with Gasteiger partial charge >= 0.3 is 11.8 Å². The van der Waals surface area contributed by atoms with Gasteiger partial charge < -0.3 is 10.6 Å². The fourth-order valence-corrected chi connectivity index (χ4v) is 2.16. The minimum Gasteiger partial charge on any atom is -0.318 e. The molecule has 130 valence electrons. The maximum atomic E-state index is 12.0. The summed E-state index contributed by atoms with van der Waals surface area (Å²) in [4.78, 5) is 34.3. The standard InChI is InChI=1S/C18H19N3O4/c1-18(2,3)12-8-10-13(11-9-12)19-16(22)17(23)20-14-6-4-5-7-15(14)21(24)25/h4-11H,1-3H3,(H,19,22)(H,20,23). The highest BCUT2D eigenvalue weighted by atomic mass is 16.6. The maximum absolute atomic E-state index is 12.0. The maximum Gasteiger partial charge on any atom is 0.314 e. The van der Waals surface area contributed by atoms with Crippen LogP contribution in [0.1, 0.15) is 26.3 Å². The molecule has 7 heteroatoms. The number of hydrogen-bond donors (Lipinski definition) is 2. The van der Waals surface area contributed by atoms with Crippen molar-refractivity contribution in [2.24, 2.45) is 0 Å². The Morgan fingerprint density at radius 3 is 2.04 bits per heavy atom. The van der Waals surface area contributed by atoms with Crippen molar-refractivity contribution in [1.29, 1.82) is 0 Å². The van der Waals surface area contributed by atoms with Gasteiger partial charge in [-0.25, -0.2) is 0 Å². The Bertz CT molecular complexity index is 808. The molecule has 2 rings (SSSR count). The summed E-state index contributed by atoms with van der Waals surface area (Å²) in [6.07, 6.45) is 0. The molecule has 0 aliphatic carbocycles. The zero-order chi connectivity index (χ0) is 18.6. The summed E-state index contributed by atoms with van der Waals surface area (Å²) in [5, 5.41) is 15.7. The van der Waals surface area contributed by atoms with E-state index in [1.54, 1.807) is 12.1 Å². The number of nitro benzene ring substituents is 1. The summed E-state index contributed by atoms with van der Waals surface area (Å²) < 4.78 is 0. The molecule has 0 saturated heterocycles. The minimum absolute atomic E-state index is 0.0217. The molecule has 2 amide bonds. The number of carbonyl (C=O) groups excluding carboxylic acids is 2. The second-order valence-electron chi connectivity index (χ2n) is 6.51. The lowest BCUT2D eigenvalue weighted by molar-refractivity contribution is -0.383. The molecule has 0 radical (unpaired) electrons. The van der Waals surface area contributed by atoms with Crippen molar-refractivity contribution in [3.05, 3.63) is 64.2 Å². The topological polar surface area (TPSA) is 101 Å². The summed E-state index contributed by atoms with van der Waals surface area (Å²) in [7, 11) is 0. The zero-order valence-electron chi connectivity index (χ0n) is 14.2. The highest BCUT2D eigenvalue weighted by Crippen LogP contribution is 2.24. The highest BCUT2D eigenvalue weighted by Gasteiger charge is 2.20. The summed E-state index contributed by atoms with van der Waals surface area (Å²) in [5.41, 5.74) is 1.23. The monoisotopic (exact) mass is 341 g/mol. The van der Waals surface area contributed by atoms with Crippen LogP contribution < -0.4 is 10.6 Å². The van der Waals surface area contributed by atoms with E-state index in [1.807, 2.05) is 12.1 Å². The molecule has 0 aliphatic rings. The summed E-state index contributed by atoms with van der Waals surface area (Å²) in [6, 6.07) is 12.8. The van der Waals surface area contributed by atoms with Crippen LogP contribution in [0.2, 0.25) is 0 Å². The van der Waals surface area contributed by atoms with Crippen LogP contribution in [-0.2, 0) is 15.0 Å². The number of nitro groups is 1. The average Bonchev–Trinajstić information content (AvgIpc) is 2.54. The predicted octanol–water partition coefficient (Wildman–Crippen LogP) is 3.47. The highest BCUT2D eigenvalue weighted by molar-refractivity contribution is 6.43. The number of amides is 2. The van der Waals surface area contributed by atoms with E-state index in [0.29, 0.717) is 5.69 Å². The van der Waals surface area contributed by atoms with Crippen LogP contribution in [0.15, 0.2) is 48.5 Å². The van der Waals surface area contributed by atoms with Crippen LogP contribution in [0.4, 0.5) is 17.1 Å². The molecular weight excluding hydrogens is 322 g/mol. The van der Waals surface area contributed by atoms with Crippen molar-refractivity contribution < 1.29 is 14.5 Å². The Morgan fingerprint density at radius 1 is 0.920 bits per heavy atom. The van der Waals surface area contributed by atoms with E-state index in [2.05, 4.69) is 31.4 Å². The van der Waals surface area contributed by atoms with E-state index in [4.69, 9.17) is 0 Å². The van der Waals surface area contributed by atoms with E-state index in [0.717, 1.165) is 5.56 Å². The lowest BCUT2D eigenvalue weighted by Crippen LogP contribution is -2.29. The molecule has 7 nitrogen and oxygen atoms in total. The van der Waals surface area contributed by atoms with Gasteiger partial charge in [0, 0.05) is 11.8 Å². The molecule has 0 bridgehead atoms. The number of rotatable bonds is 3. The van der Waals surface area contributed by atoms with Gasteiger partial charge in [0.05, 0.1) is 4.92 Å². The van der Waals surface area contributed by atoms with Crippen molar-refractivity contribution in [2.75, 3.05) is 10.6 Å². The predicted molar refractivity (Wildman–Crippen MR) is 95.5 cm³/mol. The van der Waals surface area contributed by atoms with Gasteiger partial charge in [-0.2, -0.15) is 0 Å². The molecule has 0 aromatic heterocycles. The van der Waals surface area contributed by atoms with E-state index < -0.39 is 16.7 Å². The SMILES string of the molecule is CC(C)(C)c1ccc(NC(=O)C(=O)Nc2ccccc2[N+](=O)[O-])cc1. The Morgan fingerprint density at radius 2 is 1.48 bits per heavy atom. The van der Waals surface area contributed by atoms with Crippen molar-refractivity contribution in [3.63, 3.8) is 0 Å². The van der Waals surface area contributed by atoms with E-state index in [9.17, 15) is 19.7 Å². The molecule has 0 heterocycles. The summed E-state index contributed by atoms with van der Waals surface area (Å²) >= 11 is 0. The Kier molecular flexibility index (Phi) is 5.17. The number of anilines is 2. The summed E-state index contributed by atoms with van der Waals surface area (Å²) in [5.74, 6) is -1.88. The third-order valence-corrected chi connectivity index (χ3v) is 3.56. The molecule has 2 aromatic rings. The molecule has 0 unspecified atom stereocenters. The third kappa shape index (κ3) is 4.63. The van der Waals surface area contributed by atoms with E-state index in [1.165, 1.54) is 24.3 Å². The summed E-state index contributed by atoms with van der Waals surface area (Å²) in [6.45, 7) is 6.21. The van der Waals surface area contributed by atoms with Crippen LogP contribution in [0.3, 0.4) is 0 Å². The van der Waals surface area contributed by atoms with Crippen molar-refractivity contribution in [1.82, 2.24) is 0 Å². The number of para-hydroxylation sites is 2. The van der Waals surface area contributed by atoms with Crippen LogP contribution in [-0.4, -0.2) is 16.7 Å². The van der Waals surface area contributed by atoms with E-state index >= 15 is 0 Å². The van der Waals surface area contributed by atoms with Gasteiger partial charge in [0.1, 0.15) is 5.69 Å². The average molecular weight is 341 g/mol. The fraction of sp³-hybridized carbons (Fsp3) is 0.222. The molecule has 0 atom stereocenters. The Hall–Kier alpha value is -3.22. The largest absolute Gasteiger partial charge is 0.318 e. The van der Waals surface area contributed by atoms with Crippen molar-refractivity contribution in [2.45, 2.75) is 26.2 Å². The molecule has 0 aliphatic heterocycles. The first-order valence-electron chi connectivity index (χ1n) is 7.65. The number of carbonyl (C=O) groups is 2. The second-order valence-corrected chi connectivity index (χ2v) is 6.51. The van der Waals surface area contributed by atoms with Crippen LogP contribution in [0, 0.1) is 10.1 Å². The van der Waals surface area contributed by atoms with Gasteiger partial charge in [-0.15, -0.1) is 0 Å². The van der Waals surface area contributed by atoms with Crippen LogP contribution in [0.5, 0.6) is 0 Å². The molecule has 0 fully saturated rings.